The Hall–Kier alpha value is -2.43. The van der Waals surface area contributed by atoms with Crippen LogP contribution in [0.4, 0.5) is 8.92 Å². The van der Waals surface area contributed by atoms with E-state index in [1.165, 1.54) is 13.0 Å². The van der Waals surface area contributed by atoms with Crippen LogP contribution in [0.15, 0.2) is 42.5 Å². The third kappa shape index (κ3) is 3.18. The monoisotopic (exact) mass is 292 g/mol. The van der Waals surface area contributed by atoms with Crippen molar-refractivity contribution in [3.05, 3.63) is 53.8 Å². The van der Waals surface area contributed by atoms with Crippen LogP contribution in [0.25, 0.3) is 11.1 Å². The van der Waals surface area contributed by atoms with Crippen molar-refractivity contribution in [3.63, 3.8) is 0 Å². The molecular formula is C16H14F2O3. The van der Waals surface area contributed by atoms with E-state index in [2.05, 4.69) is 4.94 Å². The molecule has 1 atom stereocenters. The molecule has 0 saturated heterocycles. The standard InChI is InChI=1S/C16H14F2O3/c1-10(16(19)21-18)12-5-8-14(15(17)9-12)11-3-6-13(20-2)7-4-11/h3-10H,1-2H3. The summed E-state index contributed by atoms with van der Waals surface area (Å²) in [6.45, 7) is 1.45. The lowest BCUT2D eigenvalue weighted by atomic mass is 9.97. The maximum absolute atomic E-state index is 14.2. The fourth-order valence-electron chi connectivity index (χ4n) is 2.01. The van der Waals surface area contributed by atoms with E-state index < -0.39 is 17.7 Å². The topological polar surface area (TPSA) is 35.5 Å². The fraction of sp³-hybridized carbons (Fsp3) is 0.188. The van der Waals surface area contributed by atoms with Crippen molar-refractivity contribution in [3.8, 4) is 16.9 Å². The minimum atomic E-state index is -1.05. The summed E-state index contributed by atoms with van der Waals surface area (Å²) in [5.41, 5.74) is 1.43. The molecule has 2 aromatic rings. The Morgan fingerprint density at radius 2 is 1.81 bits per heavy atom. The van der Waals surface area contributed by atoms with Gasteiger partial charge in [-0.15, -0.1) is 0 Å². The van der Waals surface area contributed by atoms with Crippen LogP contribution in [-0.2, 0) is 9.74 Å². The first-order valence-corrected chi connectivity index (χ1v) is 6.33. The molecule has 0 aromatic heterocycles. The fourth-order valence-corrected chi connectivity index (χ4v) is 2.01. The molecule has 1 unspecified atom stereocenters. The number of hydrogen-bond donors (Lipinski definition) is 0. The zero-order chi connectivity index (χ0) is 15.4. The van der Waals surface area contributed by atoms with E-state index in [1.807, 2.05) is 0 Å². The van der Waals surface area contributed by atoms with Crippen molar-refractivity contribution in [1.82, 2.24) is 0 Å². The Morgan fingerprint density at radius 1 is 1.14 bits per heavy atom. The summed E-state index contributed by atoms with van der Waals surface area (Å²) in [5, 5.41) is 0. The van der Waals surface area contributed by atoms with Gasteiger partial charge in [0.05, 0.1) is 13.0 Å². The highest BCUT2D eigenvalue weighted by atomic mass is 19.3. The molecule has 0 aliphatic rings. The van der Waals surface area contributed by atoms with E-state index in [0.717, 1.165) is 0 Å². The second-order valence-corrected chi connectivity index (χ2v) is 4.59. The molecular weight excluding hydrogens is 278 g/mol. The molecule has 0 bridgehead atoms. The van der Waals surface area contributed by atoms with Gasteiger partial charge >= 0.3 is 5.97 Å². The first-order chi connectivity index (χ1) is 10.1. The Balaban J connectivity index is 2.32. The van der Waals surface area contributed by atoms with Crippen molar-refractivity contribution in [2.24, 2.45) is 0 Å². The van der Waals surface area contributed by atoms with Crippen LogP contribution in [-0.4, -0.2) is 13.1 Å². The van der Waals surface area contributed by atoms with Gasteiger partial charge in [-0.3, -0.25) is 4.94 Å². The van der Waals surface area contributed by atoms with Gasteiger partial charge in [0.2, 0.25) is 0 Å². The SMILES string of the molecule is COc1ccc(-c2ccc(C(C)C(=O)OF)cc2F)cc1. The number of halogens is 2. The molecule has 0 N–H and O–H groups in total. The second kappa shape index (κ2) is 6.35. The van der Waals surface area contributed by atoms with Crippen molar-refractivity contribution < 1.29 is 23.4 Å². The minimum Gasteiger partial charge on any atom is -0.497 e. The zero-order valence-corrected chi connectivity index (χ0v) is 11.6. The lowest BCUT2D eigenvalue weighted by Crippen LogP contribution is -2.09. The summed E-state index contributed by atoms with van der Waals surface area (Å²) >= 11 is 0. The molecule has 0 radical (unpaired) electrons. The normalized spacial score (nSPS) is 11.8. The van der Waals surface area contributed by atoms with Crippen molar-refractivity contribution >= 4 is 5.97 Å². The van der Waals surface area contributed by atoms with Gasteiger partial charge in [-0.2, -0.15) is 0 Å². The van der Waals surface area contributed by atoms with Crippen LogP contribution >= 0.6 is 0 Å². The van der Waals surface area contributed by atoms with Crippen LogP contribution in [0.1, 0.15) is 18.4 Å². The summed E-state index contributed by atoms with van der Waals surface area (Å²) < 4.78 is 31.1. The van der Waals surface area contributed by atoms with E-state index in [9.17, 15) is 13.7 Å². The van der Waals surface area contributed by atoms with E-state index in [-0.39, 0.29) is 0 Å². The zero-order valence-electron chi connectivity index (χ0n) is 11.6. The highest BCUT2D eigenvalue weighted by Gasteiger charge is 2.19. The lowest BCUT2D eigenvalue weighted by Gasteiger charge is -2.10. The third-order valence-electron chi connectivity index (χ3n) is 3.32. The quantitative estimate of drug-likeness (QED) is 0.853. The maximum atomic E-state index is 14.2. The van der Waals surface area contributed by atoms with Gasteiger partial charge in [-0.1, -0.05) is 24.3 Å². The smallest absolute Gasteiger partial charge is 0.355 e. The second-order valence-electron chi connectivity index (χ2n) is 4.59. The highest BCUT2D eigenvalue weighted by Crippen LogP contribution is 2.28. The number of hydrogen-bond acceptors (Lipinski definition) is 3. The summed E-state index contributed by atoms with van der Waals surface area (Å²) in [6.07, 6.45) is 0. The predicted octanol–water partition coefficient (Wildman–Crippen LogP) is 4.03. The average Bonchev–Trinajstić information content (AvgIpc) is 2.53. The maximum Gasteiger partial charge on any atom is 0.355 e. The number of benzene rings is 2. The molecule has 2 rings (SSSR count). The molecule has 0 heterocycles. The Labute approximate surface area is 121 Å². The number of rotatable bonds is 4. The molecule has 0 fully saturated rings. The summed E-state index contributed by atoms with van der Waals surface area (Å²) in [5.74, 6) is -1.73. The Bertz CT molecular complexity index is 638. The van der Waals surface area contributed by atoms with Gasteiger partial charge in [-0.05, 0) is 36.2 Å². The molecule has 0 saturated carbocycles. The molecule has 21 heavy (non-hydrogen) atoms. The molecule has 0 aliphatic carbocycles. The van der Waals surface area contributed by atoms with Crippen molar-refractivity contribution in [2.75, 3.05) is 7.11 Å². The van der Waals surface area contributed by atoms with Crippen LogP contribution in [0, 0.1) is 5.82 Å². The number of carbonyl (C=O) groups excluding carboxylic acids is 1. The van der Waals surface area contributed by atoms with Crippen LogP contribution in [0.2, 0.25) is 0 Å². The molecule has 0 aliphatic heterocycles. The first-order valence-electron chi connectivity index (χ1n) is 6.33. The highest BCUT2D eigenvalue weighted by molar-refractivity contribution is 5.77. The van der Waals surface area contributed by atoms with Crippen LogP contribution in [0.3, 0.4) is 0 Å². The molecule has 2 aromatic carbocycles. The molecule has 5 heteroatoms. The van der Waals surface area contributed by atoms with Gasteiger partial charge in [0.1, 0.15) is 11.6 Å². The van der Waals surface area contributed by atoms with Gasteiger partial charge in [0.25, 0.3) is 0 Å². The average molecular weight is 292 g/mol. The minimum absolute atomic E-state index is 0.354. The lowest BCUT2D eigenvalue weighted by molar-refractivity contribution is -0.185. The number of ether oxygens (including phenoxy) is 1. The third-order valence-corrected chi connectivity index (χ3v) is 3.32. The van der Waals surface area contributed by atoms with E-state index in [4.69, 9.17) is 4.74 Å². The van der Waals surface area contributed by atoms with E-state index in [0.29, 0.717) is 22.4 Å². The van der Waals surface area contributed by atoms with Crippen molar-refractivity contribution in [1.29, 1.82) is 0 Å². The van der Waals surface area contributed by atoms with Gasteiger partial charge in [0.15, 0.2) is 0 Å². The largest absolute Gasteiger partial charge is 0.497 e. The summed E-state index contributed by atoms with van der Waals surface area (Å²) in [4.78, 5) is 14.3. The predicted molar refractivity (Wildman–Crippen MR) is 74.0 cm³/mol. The Morgan fingerprint density at radius 3 is 2.33 bits per heavy atom. The van der Waals surface area contributed by atoms with Crippen LogP contribution in [0.5, 0.6) is 5.75 Å². The molecule has 3 nitrogen and oxygen atoms in total. The van der Waals surface area contributed by atoms with Crippen LogP contribution < -0.4 is 4.74 Å². The van der Waals surface area contributed by atoms with E-state index in [1.54, 1.807) is 43.5 Å². The summed E-state index contributed by atoms with van der Waals surface area (Å²) in [6, 6.07) is 11.3. The molecule has 0 spiro atoms. The molecule has 110 valence electrons. The first kappa shape index (κ1) is 15.0. The Kier molecular flexibility index (Phi) is 4.52. The number of carbonyl (C=O) groups is 1. The summed E-state index contributed by atoms with van der Waals surface area (Å²) in [7, 11) is 1.55. The number of methoxy groups -OCH3 is 1. The van der Waals surface area contributed by atoms with Gasteiger partial charge < -0.3 is 4.74 Å². The van der Waals surface area contributed by atoms with Gasteiger partial charge in [0, 0.05) is 10.1 Å². The van der Waals surface area contributed by atoms with Crippen molar-refractivity contribution in [2.45, 2.75) is 12.8 Å². The van der Waals surface area contributed by atoms with Gasteiger partial charge in [-0.25, -0.2) is 9.18 Å². The molecule has 0 amide bonds. The van der Waals surface area contributed by atoms with E-state index >= 15 is 0 Å².